The van der Waals surface area contributed by atoms with Crippen LogP contribution in [0.15, 0.2) is 33.5 Å². The van der Waals surface area contributed by atoms with Crippen molar-refractivity contribution in [2.75, 3.05) is 0 Å². The highest BCUT2D eigenvalue weighted by molar-refractivity contribution is 9.10. The number of hydrogen-bond donors (Lipinski definition) is 3. The second-order valence-corrected chi connectivity index (χ2v) is 4.78. The molecule has 0 radical (unpaired) electrons. The minimum Gasteiger partial charge on any atom is -0.493 e. The molecule has 0 saturated heterocycles. The molecular weight excluding hydrogens is 314 g/mol. The Hall–Kier alpha value is -2.15. The Morgan fingerprint density at radius 1 is 1.47 bits per heavy atom. The summed E-state index contributed by atoms with van der Waals surface area (Å²) in [6.07, 6.45) is -0.235. The van der Waals surface area contributed by atoms with Crippen molar-refractivity contribution >= 4 is 21.8 Å². The van der Waals surface area contributed by atoms with Crippen molar-refractivity contribution in [3.05, 3.63) is 44.9 Å². The lowest BCUT2D eigenvalue weighted by Gasteiger charge is -2.05. The Kier molecular flexibility index (Phi) is 3.66. The number of primary amides is 1. The fraction of sp³-hybridized carbons (Fsp3) is 0.0833. The molecule has 0 aliphatic rings. The molecule has 0 saturated carbocycles. The summed E-state index contributed by atoms with van der Waals surface area (Å²) in [5, 5.41) is 9.83. The second-order valence-electron chi connectivity index (χ2n) is 3.86. The van der Waals surface area contributed by atoms with Crippen LogP contribution in [0, 0.1) is 0 Å². The van der Waals surface area contributed by atoms with Crippen LogP contribution < -0.4 is 11.3 Å². The van der Waals surface area contributed by atoms with Crippen LogP contribution in [0.5, 0.6) is 5.88 Å². The van der Waals surface area contributed by atoms with Gasteiger partial charge in [-0.3, -0.25) is 9.59 Å². The van der Waals surface area contributed by atoms with Gasteiger partial charge in [0.05, 0.1) is 6.42 Å². The van der Waals surface area contributed by atoms with Crippen LogP contribution >= 0.6 is 15.9 Å². The highest BCUT2D eigenvalue weighted by atomic mass is 79.9. The van der Waals surface area contributed by atoms with Gasteiger partial charge in [-0.2, -0.15) is 4.98 Å². The summed E-state index contributed by atoms with van der Waals surface area (Å²) in [7, 11) is 0. The van der Waals surface area contributed by atoms with Gasteiger partial charge in [-0.25, -0.2) is 0 Å². The van der Waals surface area contributed by atoms with E-state index in [1.54, 1.807) is 24.3 Å². The first-order valence-corrected chi connectivity index (χ1v) is 6.13. The Labute approximate surface area is 116 Å². The molecule has 0 fully saturated rings. The quantitative estimate of drug-likeness (QED) is 0.780. The Bertz CT molecular complexity index is 697. The van der Waals surface area contributed by atoms with E-state index in [-0.39, 0.29) is 17.8 Å². The number of H-pyrrole nitrogens is 1. The summed E-state index contributed by atoms with van der Waals surface area (Å²) in [5.74, 6) is -1.04. The number of aromatic nitrogens is 2. The molecule has 0 bridgehead atoms. The number of carbonyl (C=O) groups is 1. The van der Waals surface area contributed by atoms with E-state index in [9.17, 15) is 14.7 Å². The normalized spacial score (nSPS) is 10.4. The van der Waals surface area contributed by atoms with Crippen LogP contribution in [-0.4, -0.2) is 21.0 Å². The number of carbonyl (C=O) groups excluding carboxylic acids is 1. The largest absolute Gasteiger partial charge is 0.493 e. The number of amides is 1. The van der Waals surface area contributed by atoms with Crippen molar-refractivity contribution in [3.8, 4) is 17.0 Å². The maximum absolute atomic E-state index is 11.9. The summed E-state index contributed by atoms with van der Waals surface area (Å²) in [4.78, 5) is 28.9. The first-order valence-electron chi connectivity index (χ1n) is 5.34. The first-order chi connectivity index (χ1) is 8.97. The maximum atomic E-state index is 11.9. The molecule has 0 spiro atoms. The van der Waals surface area contributed by atoms with Gasteiger partial charge >= 0.3 is 0 Å². The smallest absolute Gasteiger partial charge is 0.262 e. The number of aromatic amines is 1. The van der Waals surface area contributed by atoms with E-state index in [1.807, 2.05) is 0 Å². The van der Waals surface area contributed by atoms with Crippen molar-refractivity contribution in [1.29, 1.82) is 0 Å². The predicted octanol–water partition coefficient (Wildman–Crippen LogP) is 0.933. The summed E-state index contributed by atoms with van der Waals surface area (Å²) in [6.45, 7) is 0. The summed E-state index contributed by atoms with van der Waals surface area (Å²) >= 11 is 3.28. The number of rotatable bonds is 3. The van der Waals surface area contributed by atoms with E-state index in [4.69, 9.17) is 5.73 Å². The first kappa shape index (κ1) is 13.3. The van der Waals surface area contributed by atoms with Crippen LogP contribution in [0.25, 0.3) is 11.1 Å². The van der Waals surface area contributed by atoms with E-state index in [1.165, 1.54) is 0 Å². The van der Waals surface area contributed by atoms with E-state index >= 15 is 0 Å². The van der Waals surface area contributed by atoms with E-state index in [2.05, 4.69) is 25.9 Å². The van der Waals surface area contributed by atoms with Crippen LogP contribution in [-0.2, 0) is 11.2 Å². The molecule has 0 aliphatic carbocycles. The predicted molar refractivity (Wildman–Crippen MR) is 72.6 cm³/mol. The minimum atomic E-state index is -0.641. The monoisotopic (exact) mass is 323 g/mol. The van der Waals surface area contributed by atoms with Gasteiger partial charge in [0.25, 0.3) is 5.56 Å². The van der Waals surface area contributed by atoms with Crippen molar-refractivity contribution < 1.29 is 9.90 Å². The molecule has 1 aromatic carbocycles. The zero-order valence-corrected chi connectivity index (χ0v) is 11.3. The van der Waals surface area contributed by atoms with Gasteiger partial charge in [-0.15, -0.1) is 0 Å². The van der Waals surface area contributed by atoms with E-state index < -0.39 is 17.3 Å². The van der Waals surface area contributed by atoms with Gasteiger partial charge in [-0.05, 0) is 17.7 Å². The molecular formula is C12H10BrN3O3. The molecule has 7 heteroatoms. The van der Waals surface area contributed by atoms with Gasteiger partial charge in [-0.1, -0.05) is 28.1 Å². The molecule has 4 N–H and O–H groups in total. The standard InChI is InChI=1S/C12H10BrN3O3/c13-7-3-1-2-6(4-7)10-11(18)15-9(5-8(14)17)16-12(10)19/h1-4H,5H2,(H2,14,17)(H2,15,16,18,19). The van der Waals surface area contributed by atoms with E-state index in [0.29, 0.717) is 5.56 Å². The van der Waals surface area contributed by atoms with Gasteiger partial charge < -0.3 is 15.8 Å². The molecule has 6 nitrogen and oxygen atoms in total. The third kappa shape index (κ3) is 3.00. The molecule has 19 heavy (non-hydrogen) atoms. The number of benzene rings is 1. The third-order valence-corrected chi connectivity index (χ3v) is 2.90. The van der Waals surface area contributed by atoms with Crippen LogP contribution in [0.1, 0.15) is 5.82 Å². The molecule has 2 rings (SSSR count). The fourth-order valence-electron chi connectivity index (χ4n) is 1.66. The van der Waals surface area contributed by atoms with Crippen LogP contribution in [0.4, 0.5) is 0 Å². The van der Waals surface area contributed by atoms with Crippen molar-refractivity contribution in [2.24, 2.45) is 5.73 Å². The number of halogens is 1. The zero-order chi connectivity index (χ0) is 14.0. The van der Waals surface area contributed by atoms with Gasteiger partial charge in [0.2, 0.25) is 11.8 Å². The topological polar surface area (TPSA) is 109 Å². The van der Waals surface area contributed by atoms with E-state index in [0.717, 1.165) is 4.47 Å². The second kappa shape index (κ2) is 5.23. The van der Waals surface area contributed by atoms with Crippen molar-refractivity contribution in [1.82, 2.24) is 9.97 Å². The van der Waals surface area contributed by atoms with Gasteiger partial charge in [0, 0.05) is 4.47 Å². The SMILES string of the molecule is NC(=O)Cc1nc(O)c(-c2cccc(Br)c2)c(=O)[nH]1. The number of nitrogens with two attached hydrogens (primary N) is 1. The zero-order valence-electron chi connectivity index (χ0n) is 9.68. The highest BCUT2D eigenvalue weighted by Crippen LogP contribution is 2.25. The molecule has 0 atom stereocenters. The molecule has 0 aliphatic heterocycles. The summed E-state index contributed by atoms with van der Waals surface area (Å²) in [6, 6.07) is 6.88. The molecule has 98 valence electrons. The Morgan fingerprint density at radius 3 is 2.79 bits per heavy atom. The van der Waals surface area contributed by atoms with Gasteiger partial charge in [0.1, 0.15) is 11.4 Å². The minimum absolute atomic E-state index is 0.0359. The summed E-state index contributed by atoms with van der Waals surface area (Å²) in [5.41, 5.74) is 5.05. The lowest BCUT2D eigenvalue weighted by atomic mass is 10.1. The summed E-state index contributed by atoms with van der Waals surface area (Å²) < 4.78 is 0.769. The molecule has 1 amide bonds. The number of aromatic hydroxyl groups is 1. The molecule has 1 aromatic heterocycles. The highest BCUT2D eigenvalue weighted by Gasteiger charge is 2.14. The average Bonchev–Trinajstić information content (AvgIpc) is 2.26. The molecule has 2 aromatic rings. The molecule has 0 unspecified atom stereocenters. The number of nitrogens with zero attached hydrogens (tertiary/aromatic N) is 1. The van der Waals surface area contributed by atoms with Crippen LogP contribution in [0.3, 0.4) is 0 Å². The van der Waals surface area contributed by atoms with Crippen LogP contribution in [0.2, 0.25) is 0 Å². The Balaban J connectivity index is 2.54. The van der Waals surface area contributed by atoms with Gasteiger partial charge in [0.15, 0.2) is 0 Å². The lowest BCUT2D eigenvalue weighted by molar-refractivity contribution is -0.117. The fourth-order valence-corrected chi connectivity index (χ4v) is 2.06. The third-order valence-electron chi connectivity index (χ3n) is 2.40. The van der Waals surface area contributed by atoms with Crippen molar-refractivity contribution in [2.45, 2.75) is 6.42 Å². The Morgan fingerprint density at radius 2 is 2.21 bits per heavy atom. The lowest BCUT2D eigenvalue weighted by Crippen LogP contribution is -2.20. The average molecular weight is 324 g/mol. The number of hydrogen-bond acceptors (Lipinski definition) is 4. The number of nitrogens with one attached hydrogen (secondary N) is 1. The maximum Gasteiger partial charge on any atom is 0.262 e. The van der Waals surface area contributed by atoms with Crippen molar-refractivity contribution in [3.63, 3.8) is 0 Å². The molecule has 1 heterocycles.